The van der Waals surface area contributed by atoms with E-state index in [2.05, 4.69) is 32.6 Å². The van der Waals surface area contributed by atoms with E-state index in [9.17, 15) is 9.59 Å². The molecule has 7 nitrogen and oxygen atoms in total. The molecule has 1 aliphatic rings. The van der Waals surface area contributed by atoms with E-state index in [4.69, 9.17) is 0 Å². The number of hydrogen-bond donors (Lipinski definition) is 2. The van der Waals surface area contributed by atoms with Crippen molar-refractivity contribution in [3.05, 3.63) is 72.2 Å². The molecule has 3 aromatic rings. The maximum atomic E-state index is 12.8. The minimum atomic E-state index is -0.0828. The standard InChI is InChI=1S/C23H25N5O2/c29-22(25-12-8-17-5-2-1-3-6-17)18-9-13-28(14-10-18)23(30)21-15-20(26-27-21)19-7-4-11-24-16-19/h1-7,11,15-16,18H,8-10,12-14H2,(H,25,29)(H,26,27). The van der Waals surface area contributed by atoms with Crippen LogP contribution < -0.4 is 5.32 Å². The molecule has 2 amide bonds. The first-order valence-corrected chi connectivity index (χ1v) is 10.3. The number of nitrogens with one attached hydrogen (secondary N) is 2. The number of likely N-dealkylation sites (tertiary alicyclic amines) is 1. The van der Waals surface area contributed by atoms with E-state index in [-0.39, 0.29) is 17.7 Å². The Labute approximate surface area is 175 Å². The van der Waals surface area contributed by atoms with Gasteiger partial charge in [-0.3, -0.25) is 19.7 Å². The highest BCUT2D eigenvalue weighted by Gasteiger charge is 2.28. The number of amides is 2. The van der Waals surface area contributed by atoms with Crippen LogP contribution in [0.5, 0.6) is 0 Å². The molecule has 2 aromatic heterocycles. The van der Waals surface area contributed by atoms with Crippen molar-refractivity contribution in [3.8, 4) is 11.3 Å². The smallest absolute Gasteiger partial charge is 0.271 e. The molecule has 1 fully saturated rings. The molecule has 30 heavy (non-hydrogen) atoms. The van der Waals surface area contributed by atoms with Crippen molar-refractivity contribution in [2.45, 2.75) is 19.3 Å². The van der Waals surface area contributed by atoms with Crippen LogP contribution in [0.25, 0.3) is 11.3 Å². The fraction of sp³-hybridized carbons (Fsp3) is 0.304. The predicted octanol–water partition coefficient (Wildman–Crippen LogP) is 2.68. The maximum absolute atomic E-state index is 12.8. The van der Waals surface area contributed by atoms with Crippen LogP contribution in [0.1, 0.15) is 28.9 Å². The zero-order valence-electron chi connectivity index (χ0n) is 16.8. The van der Waals surface area contributed by atoms with Crippen molar-refractivity contribution in [1.82, 2.24) is 25.4 Å². The lowest BCUT2D eigenvalue weighted by Gasteiger charge is -2.31. The van der Waals surface area contributed by atoms with Gasteiger partial charge in [-0.2, -0.15) is 5.10 Å². The van der Waals surface area contributed by atoms with Gasteiger partial charge in [0.05, 0.1) is 5.69 Å². The Bertz CT molecular complexity index is 979. The first-order chi connectivity index (χ1) is 14.7. The van der Waals surface area contributed by atoms with Crippen molar-refractivity contribution < 1.29 is 9.59 Å². The van der Waals surface area contributed by atoms with Gasteiger partial charge in [0, 0.05) is 43.5 Å². The van der Waals surface area contributed by atoms with Gasteiger partial charge in [-0.25, -0.2) is 0 Å². The molecule has 3 heterocycles. The molecule has 1 aromatic carbocycles. The van der Waals surface area contributed by atoms with Crippen LogP contribution in [0.4, 0.5) is 0 Å². The molecule has 0 aliphatic carbocycles. The summed E-state index contributed by atoms with van der Waals surface area (Å²) in [6, 6.07) is 15.6. The predicted molar refractivity (Wildman–Crippen MR) is 114 cm³/mol. The minimum absolute atomic E-state index is 0.0439. The van der Waals surface area contributed by atoms with E-state index < -0.39 is 0 Å². The largest absolute Gasteiger partial charge is 0.356 e. The molecule has 1 saturated heterocycles. The number of pyridine rings is 1. The molecule has 154 valence electrons. The molecule has 0 radical (unpaired) electrons. The summed E-state index contributed by atoms with van der Waals surface area (Å²) in [6.07, 6.45) is 5.58. The Morgan fingerprint density at radius 1 is 1.10 bits per heavy atom. The molecule has 0 saturated carbocycles. The molecular formula is C23H25N5O2. The van der Waals surface area contributed by atoms with Crippen molar-refractivity contribution in [3.63, 3.8) is 0 Å². The Balaban J connectivity index is 1.25. The fourth-order valence-electron chi connectivity index (χ4n) is 3.73. The van der Waals surface area contributed by atoms with Crippen LogP contribution in [0.3, 0.4) is 0 Å². The average molecular weight is 403 g/mol. The van der Waals surface area contributed by atoms with Crippen molar-refractivity contribution >= 4 is 11.8 Å². The zero-order valence-corrected chi connectivity index (χ0v) is 16.8. The SMILES string of the molecule is O=C(NCCc1ccccc1)C1CCN(C(=O)c2cc(-c3cccnc3)n[nH]2)CC1. The summed E-state index contributed by atoms with van der Waals surface area (Å²) < 4.78 is 0. The highest BCUT2D eigenvalue weighted by molar-refractivity contribution is 5.93. The van der Waals surface area contributed by atoms with Gasteiger partial charge < -0.3 is 10.2 Å². The molecule has 2 N–H and O–H groups in total. The van der Waals surface area contributed by atoms with Crippen molar-refractivity contribution in [2.75, 3.05) is 19.6 Å². The molecule has 0 bridgehead atoms. The van der Waals surface area contributed by atoms with E-state index in [1.54, 1.807) is 23.4 Å². The summed E-state index contributed by atoms with van der Waals surface area (Å²) in [5.41, 5.74) is 3.22. The lowest BCUT2D eigenvalue weighted by atomic mass is 9.95. The number of carbonyl (C=O) groups is 2. The van der Waals surface area contributed by atoms with Gasteiger partial charge in [-0.1, -0.05) is 30.3 Å². The third kappa shape index (κ3) is 4.74. The summed E-state index contributed by atoms with van der Waals surface area (Å²) in [7, 11) is 0. The van der Waals surface area contributed by atoms with Crippen LogP contribution in [0.2, 0.25) is 0 Å². The summed E-state index contributed by atoms with van der Waals surface area (Å²) in [5, 5.41) is 10.1. The van der Waals surface area contributed by atoms with E-state index in [0.29, 0.717) is 43.9 Å². The molecular weight excluding hydrogens is 378 g/mol. The Morgan fingerprint density at radius 3 is 2.63 bits per heavy atom. The van der Waals surface area contributed by atoms with Crippen molar-refractivity contribution in [1.29, 1.82) is 0 Å². The van der Waals surface area contributed by atoms with E-state index >= 15 is 0 Å². The Morgan fingerprint density at radius 2 is 1.90 bits per heavy atom. The highest BCUT2D eigenvalue weighted by atomic mass is 16.2. The summed E-state index contributed by atoms with van der Waals surface area (Å²) in [4.78, 5) is 31.1. The van der Waals surface area contributed by atoms with E-state index in [0.717, 1.165) is 12.0 Å². The normalized spacial score (nSPS) is 14.5. The van der Waals surface area contributed by atoms with E-state index in [1.165, 1.54) is 5.56 Å². The third-order valence-electron chi connectivity index (χ3n) is 5.47. The van der Waals surface area contributed by atoms with Gasteiger partial charge >= 0.3 is 0 Å². The minimum Gasteiger partial charge on any atom is -0.356 e. The molecule has 0 spiro atoms. The molecule has 0 atom stereocenters. The summed E-state index contributed by atoms with van der Waals surface area (Å²) in [6.45, 7) is 1.76. The average Bonchev–Trinajstić information content (AvgIpc) is 3.30. The van der Waals surface area contributed by atoms with Gasteiger partial charge in [-0.15, -0.1) is 0 Å². The third-order valence-corrected chi connectivity index (χ3v) is 5.47. The second kappa shape index (κ2) is 9.35. The van der Waals surface area contributed by atoms with Gasteiger partial charge in [0.2, 0.25) is 5.91 Å². The highest BCUT2D eigenvalue weighted by Crippen LogP contribution is 2.21. The van der Waals surface area contributed by atoms with Gasteiger partial charge in [0.15, 0.2) is 0 Å². The lowest BCUT2D eigenvalue weighted by molar-refractivity contribution is -0.126. The van der Waals surface area contributed by atoms with Crippen LogP contribution in [-0.4, -0.2) is 51.5 Å². The van der Waals surface area contributed by atoms with Gasteiger partial charge in [0.1, 0.15) is 5.69 Å². The number of H-pyrrole nitrogens is 1. The lowest BCUT2D eigenvalue weighted by Crippen LogP contribution is -2.43. The van der Waals surface area contributed by atoms with Crippen LogP contribution in [-0.2, 0) is 11.2 Å². The molecule has 4 rings (SSSR count). The molecule has 0 unspecified atom stereocenters. The first-order valence-electron chi connectivity index (χ1n) is 10.3. The van der Waals surface area contributed by atoms with Gasteiger partial charge in [0.25, 0.3) is 5.91 Å². The molecule has 1 aliphatic heterocycles. The monoisotopic (exact) mass is 403 g/mol. The number of aromatic nitrogens is 3. The first kappa shape index (κ1) is 19.8. The number of carbonyl (C=O) groups excluding carboxylic acids is 2. The second-order valence-corrected chi connectivity index (χ2v) is 7.50. The number of aromatic amines is 1. The maximum Gasteiger partial charge on any atom is 0.271 e. The summed E-state index contributed by atoms with van der Waals surface area (Å²) in [5.74, 6) is -0.0449. The van der Waals surface area contributed by atoms with Crippen LogP contribution in [0, 0.1) is 5.92 Å². The van der Waals surface area contributed by atoms with Gasteiger partial charge in [-0.05, 0) is 43.0 Å². The van der Waals surface area contributed by atoms with Crippen LogP contribution in [0.15, 0.2) is 60.9 Å². The van der Waals surface area contributed by atoms with Crippen molar-refractivity contribution in [2.24, 2.45) is 5.92 Å². The number of hydrogen-bond acceptors (Lipinski definition) is 4. The fourth-order valence-corrected chi connectivity index (χ4v) is 3.73. The summed E-state index contributed by atoms with van der Waals surface area (Å²) >= 11 is 0. The van der Waals surface area contributed by atoms with Crippen LogP contribution >= 0.6 is 0 Å². The Kier molecular flexibility index (Phi) is 6.17. The quantitative estimate of drug-likeness (QED) is 0.662. The topological polar surface area (TPSA) is 91.0 Å². The van der Waals surface area contributed by atoms with E-state index in [1.807, 2.05) is 30.3 Å². The number of rotatable bonds is 6. The number of piperidine rings is 1. The second-order valence-electron chi connectivity index (χ2n) is 7.50. The number of nitrogens with zero attached hydrogens (tertiary/aromatic N) is 3. The Hall–Kier alpha value is -3.48. The number of benzene rings is 1. The zero-order chi connectivity index (χ0) is 20.8. The molecule has 7 heteroatoms.